The van der Waals surface area contributed by atoms with Crippen LogP contribution in [-0.2, 0) is 19.5 Å². The van der Waals surface area contributed by atoms with Crippen LogP contribution in [0, 0.1) is 0 Å². The number of benzene rings is 1. The summed E-state index contributed by atoms with van der Waals surface area (Å²) >= 11 is 0. The third kappa shape index (κ3) is 4.15. The predicted octanol–water partition coefficient (Wildman–Crippen LogP) is 2.60. The molecule has 2 aromatic rings. The minimum Gasteiger partial charge on any atom is -0.330 e. The van der Waals surface area contributed by atoms with E-state index in [9.17, 15) is 0 Å². The SMILES string of the molecule is CCN(Cc1ccccn1)Cc1ccccc1CCN. The number of hydrogen-bond acceptors (Lipinski definition) is 3. The first kappa shape index (κ1) is 14.7. The summed E-state index contributed by atoms with van der Waals surface area (Å²) in [7, 11) is 0. The molecule has 0 bridgehead atoms. The van der Waals surface area contributed by atoms with Gasteiger partial charge in [-0.15, -0.1) is 0 Å². The summed E-state index contributed by atoms with van der Waals surface area (Å²) in [4.78, 5) is 6.81. The molecule has 20 heavy (non-hydrogen) atoms. The van der Waals surface area contributed by atoms with Crippen molar-refractivity contribution in [1.82, 2.24) is 9.88 Å². The first-order valence-corrected chi connectivity index (χ1v) is 7.22. The Bertz CT molecular complexity index is 511. The lowest BCUT2D eigenvalue weighted by molar-refractivity contribution is 0.267. The molecular weight excluding hydrogens is 246 g/mol. The van der Waals surface area contributed by atoms with Gasteiger partial charge in [-0.25, -0.2) is 0 Å². The molecule has 1 heterocycles. The van der Waals surface area contributed by atoms with E-state index in [1.807, 2.05) is 18.3 Å². The maximum atomic E-state index is 5.69. The zero-order valence-corrected chi connectivity index (χ0v) is 12.1. The molecule has 0 unspecified atom stereocenters. The molecule has 3 nitrogen and oxygen atoms in total. The summed E-state index contributed by atoms with van der Waals surface area (Å²) in [5, 5.41) is 0. The van der Waals surface area contributed by atoms with Gasteiger partial charge in [-0.3, -0.25) is 9.88 Å². The molecule has 0 fully saturated rings. The average molecular weight is 269 g/mol. The number of aromatic nitrogens is 1. The van der Waals surface area contributed by atoms with Crippen molar-refractivity contribution in [2.24, 2.45) is 5.73 Å². The number of hydrogen-bond donors (Lipinski definition) is 1. The molecule has 106 valence electrons. The van der Waals surface area contributed by atoms with E-state index in [0.717, 1.165) is 31.7 Å². The monoisotopic (exact) mass is 269 g/mol. The number of rotatable bonds is 7. The van der Waals surface area contributed by atoms with Crippen molar-refractivity contribution >= 4 is 0 Å². The quantitative estimate of drug-likeness (QED) is 0.840. The molecule has 1 aromatic carbocycles. The van der Waals surface area contributed by atoms with Gasteiger partial charge < -0.3 is 5.73 Å². The van der Waals surface area contributed by atoms with Crippen molar-refractivity contribution in [2.45, 2.75) is 26.4 Å². The molecule has 0 spiro atoms. The normalized spacial score (nSPS) is 10.9. The van der Waals surface area contributed by atoms with Gasteiger partial charge in [-0.05, 0) is 42.8 Å². The highest BCUT2D eigenvalue weighted by molar-refractivity contribution is 5.27. The standard InChI is InChI=1S/C17H23N3/c1-2-20(14-17-9-5-6-12-19-17)13-16-8-4-3-7-15(16)10-11-18/h3-9,12H,2,10-11,13-14,18H2,1H3. The summed E-state index contributed by atoms with van der Waals surface area (Å²) < 4.78 is 0. The van der Waals surface area contributed by atoms with E-state index < -0.39 is 0 Å². The largest absolute Gasteiger partial charge is 0.330 e. The van der Waals surface area contributed by atoms with Crippen LogP contribution in [0.25, 0.3) is 0 Å². The predicted molar refractivity (Wildman–Crippen MR) is 83.2 cm³/mol. The molecular formula is C17H23N3. The van der Waals surface area contributed by atoms with Crippen LogP contribution in [-0.4, -0.2) is 23.0 Å². The molecule has 0 radical (unpaired) electrons. The Morgan fingerprint density at radius 1 is 1.00 bits per heavy atom. The van der Waals surface area contributed by atoms with E-state index in [-0.39, 0.29) is 0 Å². The van der Waals surface area contributed by atoms with Gasteiger partial charge in [-0.1, -0.05) is 37.3 Å². The Balaban J connectivity index is 2.06. The zero-order valence-electron chi connectivity index (χ0n) is 12.1. The fourth-order valence-electron chi connectivity index (χ4n) is 2.35. The van der Waals surface area contributed by atoms with Gasteiger partial charge in [0.1, 0.15) is 0 Å². The van der Waals surface area contributed by atoms with E-state index in [4.69, 9.17) is 5.73 Å². The van der Waals surface area contributed by atoms with E-state index in [1.165, 1.54) is 11.1 Å². The lowest BCUT2D eigenvalue weighted by atomic mass is 10.0. The van der Waals surface area contributed by atoms with Gasteiger partial charge in [0.15, 0.2) is 0 Å². The smallest absolute Gasteiger partial charge is 0.0544 e. The highest BCUT2D eigenvalue weighted by atomic mass is 15.1. The first-order chi connectivity index (χ1) is 9.83. The van der Waals surface area contributed by atoms with Crippen LogP contribution in [0.15, 0.2) is 48.7 Å². The van der Waals surface area contributed by atoms with Gasteiger partial charge in [0.25, 0.3) is 0 Å². The van der Waals surface area contributed by atoms with Gasteiger partial charge in [0.05, 0.1) is 5.69 Å². The molecule has 0 atom stereocenters. The van der Waals surface area contributed by atoms with Crippen LogP contribution in [0.2, 0.25) is 0 Å². The van der Waals surface area contributed by atoms with Crippen LogP contribution in [0.5, 0.6) is 0 Å². The van der Waals surface area contributed by atoms with E-state index in [2.05, 4.69) is 47.1 Å². The Hall–Kier alpha value is -1.71. The van der Waals surface area contributed by atoms with Crippen molar-refractivity contribution in [1.29, 1.82) is 0 Å². The molecule has 0 amide bonds. The van der Waals surface area contributed by atoms with Crippen LogP contribution < -0.4 is 5.73 Å². The summed E-state index contributed by atoms with van der Waals surface area (Å²) in [5.41, 5.74) is 9.54. The molecule has 1 aromatic heterocycles. The Morgan fingerprint density at radius 3 is 2.40 bits per heavy atom. The highest BCUT2D eigenvalue weighted by Gasteiger charge is 2.08. The Labute approximate surface area is 121 Å². The van der Waals surface area contributed by atoms with Gasteiger partial charge in [-0.2, -0.15) is 0 Å². The molecule has 2 N–H and O–H groups in total. The highest BCUT2D eigenvalue weighted by Crippen LogP contribution is 2.13. The lowest BCUT2D eigenvalue weighted by Crippen LogP contribution is -2.23. The third-order valence-corrected chi connectivity index (χ3v) is 3.48. The van der Waals surface area contributed by atoms with Gasteiger partial charge in [0.2, 0.25) is 0 Å². The van der Waals surface area contributed by atoms with Crippen LogP contribution in [0.1, 0.15) is 23.7 Å². The molecule has 0 saturated carbocycles. The fourth-order valence-corrected chi connectivity index (χ4v) is 2.35. The van der Waals surface area contributed by atoms with Crippen LogP contribution in [0.3, 0.4) is 0 Å². The maximum Gasteiger partial charge on any atom is 0.0544 e. The number of nitrogens with two attached hydrogens (primary N) is 1. The number of pyridine rings is 1. The van der Waals surface area contributed by atoms with Gasteiger partial charge >= 0.3 is 0 Å². The molecule has 0 aliphatic carbocycles. The molecule has 0 aliphatic rings. The second-order valence-electron chi connectivity index (χ2n) is 4.93. The second-order valence-corrected chi connectivity index (χ2v) is 4.93. The summed E-state index contributed by atoms with van der Waals surface area (Å²) in [5.74, 6) is 0. The van der Waals surface area contributed by atoms with Crippen molar-refractivity contribution in [3.8, 4) is 0 Å². The van der Waals surface area contributed by atoms with Crippen molar-refractivity contribution in [2.75, 3.05) is 13.1 Å². The molecule has 0 saturated heterocycles. The van der Waals surface area contributed by atoms with Crippen LogP contribution >= 0.6 is 0 Å². The van der Waals surface area contributed by atoms with E-state index >= 15 is 0 Å². The summed E-state index contributed by atoms with van der Waals surface area (Å²) in [6, 6.07) is 14.6. The minimum absolute atomic E-state index is 0.698. The van der Waals surface area contributed by atoms with Crippen molar-refractivity contribution < 1.29 is 0 Å². The van der Waals surface area contributed by atoms with E-state index in [0.29, 0.717) is 6.54 Å². The fraction of sp³-hybridized carbons (Fsp3) is 0.353. The lowest BCUT2D eigenvalue weighted by Gasteiger charge is -2.21. The van der Waals surface area contributed by atoms with Crippen LogP contribution in [0.4, 0.5) is 0 Å². The summed E-state index contributed by atoms with van der Waals surface area (Å²) in [6.45, 7) is 5.73. The average Bonchev–Trinajstić information content (AvgIpc) is 2.50. The maximum absolute atomic E-state index is 5.69. The van der Waals surface area contributed by atoms with Gasteiger partial charge in [0, 0.05) is 19.3 Å². The Morgan fingerprint density at radius 2 is 1.75 bits per heavy atom. The summed E-state index contributed by atoms with van der Waals surface area (Å²) in [6.07, 6.45) is 2.79. The second kappa shape index (κ2) is 7.78. The topological polar surface area (TPSA) is 42.2 Å². The van der Waals surface area contributed by atoms with E-state index in [1.54, 1.807) is 0 Å². The Kier molecular flexibility index (Phi) is 5.71. The zero-order chi connectivity index (χ0) is 14.2. The first-order valence-electron chi connectivity index (χ1n) is 7.22. The molecule has 3 heteroatoms. The van der Waals surface area contributed by atoms with Crippen molar-refractivity contribution in [3.05, 3.63) is 65.5 Å². The van der Waals surface area contributed by atoms with Crippen molar-refractivity contribution in [3.63, 3.8) is 0 Å². The third-order valence-electron chi connectivity index (χ3n) is 3.48. The molecule has 0 aliphatic heterocycles. The molecule has 2 rings (SSSR count). The number of nitrogens with zero attached hydrogens (tertiary/aromatic N) is 2. The minimum atomic E-state index is 0.698.